The van der Waals surface area contributed by atoms with Crippen LogP contribution >= 0.6 is 0 Å². The monoisotopic (exact) mass is 335 g/mol. The van der Waals surface area contributed by atoms with Crippen LogP contribution in [0.2, 0.25) is 0 Å². The van der Waals surface area contributed by atoms with Gasteiger partial charge in [0, 0.05) is 12.5 Å². The minimum absolute atomic E-state index is 0.0741. The van der Waals surface area contributed by atoms with E-state index in [4.69, 9.17) is 5.11 Å². The zero-order valence-corrected chi connectivity index (χ0v) is 12.3. The van der Waals surface area contributed by atoms with Gasteiger partial charge in [-0.25, -0.2) is 13.6 Å². The summed E-state index contributed by atoms with van der Waals surface area (Å²) in [6, 6.07) is -1.23. The molecule has 130 valence electrons. The minimum Gasteiger partial charge on any atom is -0.465 e. The van der Waals surface area contributed by atoms with E-state index in [0.717, 1.165) is 4.90 Å². The summed E-state index contributed by atoms with van der Waals surface area (Å²) in [5.41, 5.74) is 0. The second-order valence-corrected chi connectivity index (χ2v) is 5.92. The van der Waals surface area contributed by atoms with Gasteiger partial charge in [-0.3, -0.25) is 9.59 Å². The van der Waals surface area contributed by atoms with E-state index < -0.39 is 49.1 Å². The van der Waals surface area contributed by atoms with E-state index in [2.05, 4.69) is 5.32 Å². The Hall–Kier alpha value is -1.97. The van der Waals surface area contributed by atoms with E-state index in [0.29, 0.717) is 19.4 Å². The van der Waals surface area contributed by atoms with Gasteiger partial charge in [-0.1, -0.05) is 0 Å². The van der Waals surface area contributed by atoms with E-state index in [1.807, 2.05) is 5.32 Å². The lowest BCUT2D eigenvalue weighted by Gasteiger charge is -2.40. The van der Waals surface area contributed by atoms with Gasteiger partial charge in [0.25, 0.3) is 11.8 Å². The minimum atomic E-state index is -2.98. The lowest BCUT2D eigenvalue weighted by molar-refractivity contribution is -0.174. The number of aliphatic hydroxyl groups is 1. The third kappa shape index (κ3) is 4.27. The van der Waals surface area contributed by atoms with Gasteiger partial charge in [0.2, 0.25) is 5.91 Å². The molecule has 2 saturated heterocycles. The van der Waals surface area contributed by atoms with Crippen molar-refractivity contribution >= 4 is 17.9 Å². The lowest BCUT2D eigenvalue weighted by atomic mass is 9.89. The van der Waals surface area contributed by atoms with Gasteiger partial charge in [0.1, 0.15) is 0 Å². The number of nitrogens with one attached hydrogen (secondary N) is 2. The van der Waals surface area contributed by atoms with Crippen molar-refractivity contribution in [3.05, 3.63) is 0 Å². The maximum Gasteiger partial charge on any atom is 0.404 e. The van der Waals surface area contributed by atoms with Crippen LogP contribution in [0.5, 0.6) is 0 Å². The highest BCUT2D eigenvalue weighted by atomic mass is 19.3. The largest absolute Gasteiger partial charge is 0.465 e. The highest BCUT2D eigenvalue weighted by Gasteiger charge is 2.48. The van der Waals surface area contributed by atoms with Crippen LogP contribution in [0, 0.1) is 5.92 Å². The van der Waals surface area contributed by atoms with Gasteiger partial charge in [0.05, 0.1) is 19.1 Å². The summed E-state index contributed by atoms with van der Waals surface area (Å²) in [5, 5.41) is 23.5. The number of alkyl halides is 2. The Labute approximate surface area is 130 Å². The number of halogens is 2. The molecule has 3 atom stereocenters. The summed E-state index contributed by atoms with van der Waals surface area (Å²) >= 11 is 0. The molecule has 2 heterocycles. The fourth-order valence-corrected chi connectivity index (χ4v) is 2.82. The SMILES string of the molecule is O=C(O)NC(CC1CCCNC1=O)C(O)C(=O)N1CC(F)(F)C1. The maximum absolute atomic E-state index is 12.8. The average molecular weight is 335 g/mol. The molecule has 2 aliphatic heterocycles. The number of nitrogens with zero attached hydrogens (tertiary/aromatic N) is 1. The number of amides is 3. The molecule has 0 aliphatic carbocycles. The van der Waals surface area contributed by atoms with Gasteiger partial charge in [-0.15, -0.1) is 0 Å². The number of aliphatic hydroxyl groups excluding tert-OH is 1. The molecule has 3 amide bonds. The summed E-state index contributed by atoms with van der Waals surface area (Å²) in [6.07, 6.45) is -2.14. The smallest absolute Gasteiger partial charge is 0.404 e. The van der Waals surface area contributed by atoms with Crippen LogP contribution in [0.3, 0.4) is 0 Å². The predicted octanol–water partition coefficient (Wildman–Crippen LogP) is -0.623. The predicted molar refractivity (Wildman–Crippen MR) is 72.8 cm³/mol. The van der Waals surface area contributed by atoms with Crippen molar-refractivity contribution in [2.75, 3.05) is 19.6 Å². The van der Waals surface area contributed by atoms with Gasteiger partial charge >= 0.3 is 6.09 Å². The zero-order chi connectivity index (χ0) is 17.2. The van der Waals surface area contributed by atoms with Crippen LogP contribution in [0.4, 0.5) is 13.6 Å². The number of carbonyl (C=O) groups is 3. The summed E-state index contributed by atoms with van der Waals surface area (Å²) < 4.78 is 25.6. The molecule has 0 radical (unpaired) electrons. The number of hydrogen-bond donors (Lipinski definition) is 4. The van der Waals surface area contributed by atoms with Crippen LogP contribution in [-0.2, 0) is 9.59 Å². The Morgan fingerprint density at radius 3 is 2.61 bits per heavy atom. The van der Waals surface area contributed by atoms with Crippen molar-refractivity contribution in [2.45, 2.75) is 37.3 Å². The van der Waals surface area contributed by atoms with E-state index in [9.17, 15) is 28.3 Å². The third-order valence-corrected chi connectivity index (χ3v) is 4.04. The first kappa shape index (κ1) is 17.4. The van der Waals surface area contributed by atoms with Crippen LogP contribution in [-0.4, -0.2) is 70.7 Å². The van der Waals surface area contributed by atoms with E-state index >= 15 is 0 Å². The molecule has 0 aromatic rings. The fourth-order valence-electron chi connectivity index (χ4n) is 2.82. The van der Waals surface area contributed by atoms with Crippen LogP contribution in [0.15, 0.2) is 0 Å². The zero-order valence-electron chi connectivity index (χ0n) is 12.3. The van der Waals surface area contributed by atoms with Gasteiger partial charge in [0.15, 0.2) is 6.10 Å². The average Bonchev–Trinajstić information content (AvgIpc) is 2.44. The Kier molecular flexibility index (Phi) is 5.03. The van der Waals surface area contributed by atoms with Crippen molar-refractivity contribution in [3.63, 3.8) is 0 Å². The van der Waals surface area contributed by atoms with Crippen molar-refractivity contribution in [1.82, 2.24) is 15.5 Å². The molecule has 0 saturated carbocycles. The molecule has 0 aromatic heterocycles. The highest BCUT2D eigenvalue weighted by Crippen LogP contribution is 2.28. The number of likely N-dealkylation sites (tertiary alicyclic amines) is 1. The van der Waals surface area contributed by atoms with Crippen LogP contribution in [0.1, 0.15) is 19.3 Å². The molecule has 23 heavy (non-hydrogen) atoms. The highest BCUT2D eigenvalue weighted by molar-refractivity contribution is 5.84. The maximum atomic E-state index is 12.8. The molecule has 0 spiro atoms. The fraction of sp³-hybridized carbons (Fsp3) is 0.769. The van der Waals surface area contributed by atoms with Crippen LogP contribution < -0.4 is 10.6 Å². The normalized spacial score (nSPS) is 25.8. The van der Waals surface area contributed by atoms with Crippen molar-refractivity contribution in [3.8, 4) is 0 Å². The van der Waals surface area contributed by atoms with E-state index in [-0.39, 0.29) is 12.3 Å². The first-order valence-corrected chi connectivity index (χ1v) is 7.31. The summed E-state index contributed by atoms with van der Waals surface area (Å²) in [5.74, 6) is -4.76. The van der Waals surface area contributed by atoms with Gasteiger partial charge < -0.3 is 25.7 Å². The number of piperidine rings is 1. The van der Waals surface area contributed by atoms with Crippen LogP contribution in [0.25, 0.3) is 0 Å². The van der Waals surface area contributed by atoms with E-state index in [1.54, 1.807) is 0 Å². The second-order valence-electron chi connectivity index (χ2n) is 5.92. The molecule has 3 unspecified atom stereocenters. The molecule has 2 fully saturated rings. The standard InChI is InChI=1S/C13H19F2N3O5/c14-13(15)5-18(6-13)11(21)9(19)8(17-12(22)23)4-7-2-1-3-16-10(7)20/h7-9,17,19H,1-6H2,(H,16,20)(H,22,23). The molecular weight excluding hydrogens is 316 g/mol. The molecule has 2 aliphatic rings. The number of carbonyl (C=O) groups excluding carboxylic acids is 2. The first-order chi connectivity index (χ1) is 10.7. The molecule has 0 aromatic carbocycles. The molecule has 0 bridgehead atoms. The summed E-state index contributed by atoms with van der Waals surface area (Å²) in [6.45, 7) is -1.07. The van der Waals surface area contributed by atoms with Crippen molar-refractivity contribution in [1.29, 1.82) is 0 Å². The number of rotatable bonds is 5. The molecular formula is C13H19F2N3O5. The van der Waals surface area contributed by atoms with Crippen molar-refractivity contribution in [2.24, 2.45) is 5.92 Å². The van der Waals surface area contributed by atoms with Gasteiger partial charge in [-0.05, 0) is 19.3 Å². The van der Waals surface area contributed by atoms with Gasteiger partial charge in [-0.2, -0.15) is 0 Å². The third-order valence-electron chi connectivity index (χ3n) is 4.04. The second kappa shape index (κ2) is 6.65. The lowest BCUT2D eigenvalue weighted by Crippen LogP contribution is -2.63. The van der Waals surface area contributed by atoms with E-state index in [1.165, 1.54) is 0 Å². The Morgan fingerprint density at radius 1 is 1.43 bits per heavy atom. The molecule has 4 N–H and O–H groups in total. The quantitative estimate of drug-likeness (QED) is 0.534. The molecule has 10 heteroatoms. The topological polar surface area (TPSA) is 119 Å². The summed E-state index contributed by atoms with van der Waals surface area (Å²) in [7, 11) is 0. The molecule has 2 rings (SSSR count). The first-order valence-electron chi connectivity index (χ1n) is 7.31. The summed E-state index contributed by atoms with van der Waals surface area (Å²) in [4.78, 5) is 35.3. The Bertz CT molecular complexity index is 494. The Balaban J connectivity index is 2.00. The van der Waals surface area contributed by atoms with Crippen molar-refractivity contribution < 1.29 is 33.4 Å². The number of hydrogen-bond acceptors (Lipinski definition) is 4. The number of carboxylic acid groups (broad SMARTS) is 1. The Morgan fingerprint density at radius 2 is 2.09 bits per heavy atom. The molecule has 8 nitrogen and oxygen atoms in total.